The molecule has 0 aromatic heterocycles. The Labute approximate surface area is 452 Å². The largest absolute Gasteiger partial charge is 0.256 e. The molecule has 0 aromatic carbocycles. The summed E-state index contributed by atoms with van der Waals surface area (Å²) in [6.45, 7) is 0. The van der Waals surface area contributed by atoms with E-state index in [-0.39, 0.29) is 30.6 Å². The summed E-state index contributed by atoms with van der Waals surface area (Å²) in [5.41, 5.74) is -39.0. The van der Waals surface area contributed by atoms with Gasteiger partial charge in [-0.2, -0.15) is 0 Å². The van der Waals surface area contributed by atoms with Gasteiger partial charge in [0.2, 0.25) is 0 Å². The topological polar surface area (TPSA) is 0 Å². The molecule has 22 heteroatoms. The van der Waals surface area contributed by atoms with Crippen molar-refractivity contribution in [3.8, 4) is 0 Å². The number of hydrogen-bond donors (Lipinski definition) is 0. The van der Waals surface area contributed by atoms with Gasteiger partial charge in [-0.25, -0.2) is 70.2 Å². The lowest BCUT2D eigenvalue weighted by molar-refractivity contribution is -0.337. The van der Waals surface area contributed by atoms with Gasteiger partial charge in [-0.1, -0.05) is 32.1 Å². The highest BCUT2D eigenvalue weighted by Crippen LogP contribution is 3.15. The predicted molar refractivity (Wildman–Crippen MR) is 244 cm³/mol. The molecular formula is C53H53Cl6F16. The van der Waals surface area contributed by atoms with Gasteiger partial charge in [0, 0.05) is 67.6 Å². The molecular weight excluding hydrogens is 1150 g/mol. The van der Waals surface area contributed by atoms with Gasteiger partial charge < -0.3 is 0 Å². The molecule has 10 unspecified atom stereocenters. The Kier molecular flexibility index (Phi) is 8.29. The third-order valence-corrected chi connectivity index (χ3v) is 30.7. The van der Waals surface area contributed by atoms with E-state index in [1.807, 2.05) is 0 Å². The summed E-state index contributed by atoms with van der Waals surface area (Å²) >= 11 is 42.6. The molecule has 0 spiro atoms. The molecule has 10 atom stereocenters. The molecule has 0 bridgehead atoms. The molecule has 16 fully saturated rings. The first-order valence-electron chi connectivity index (χ1n) is 27.1. The predicted octanol–water partition coefficient (Wildman–Crippen LogP) is 19.0. The van der Waals surface area contributed by atoms with Crippen LogP contribution in [0.25, 0.3) is 0 Å². The number of alkyl halides is 22. The highest BCUT2D eigenvalue weighted by atomic mass is 35.5. The molecule has 0 aromatic rings. The molecule has 16 saturated carbocycles. The zero-order valence-corrected chi connectivity index (χ0v) is 44.8. The summed E-state index contributed by atoms with van der Waals surface area (Å²) in [7, 11) is 0. The molecule has 0 N–H and O–H groups in total. The average Bonchev–Trinajstić information content (AvgIpc) is 3.96. The summed E-state index contributed by atoms with van der Waals surface area (Å²) in [6, 6.07) is 0. The first-order valence-corrected chi connectivity index (χ1v) is 29.4. The molecule has 0 aliphatic heterocycles. The Hall–Kier alpha value is 0.620. The van der Waals surface area contributed by atoms with Gasteiger partial charge in [-0.05, 0) is 111 Å². The minimum absolute atomic E-state index is 0.0487. The van der Waals surface area contributed by atoms with Crippen LogP contribution in [0.3, 0.4) is 0 Å². The summed E-state index contributed by atoms with van der Waals surface area (Å²) in [6.07, 6.45) is -8.39. The minimum atomic E-state index is -4.65. The molecule has 1 radical (unpaired) electrons. The fourth-order valence-electron chi connectivity index (χ4n) is 24.9. The molecule has 0 heterocycles. The standard InChI is InChI=1S/C53H53Cl6F16/c54-44(55)18-37(44,38(19-45(38,56)57)41(24-51(41,70)71)36(22-49(36,66)67)33(17-47(33,62)63)28-16-34(28,60)61)39(20-46(39,58)59)42(25-52(42,72)73)43(26-53(43,74)75)40(23-50(40,68)69)35(21-48(35,64)65)32(14-5-15-32)31(12-4-13-31)30(10-3-11-30)29(8-2-9-29)27-6-1-7-27/h27H,1-26H2. The second-order valence-corrected chi connectivity index (χ2v) is 33.1. The highest BCUT2D eigenvalue weighted by molar-refractivity contribution is 6.56. The van der Waals surface area contributed by atoms with E-state index in [4.69, 9.17) is 69.6 Å². The molecule has 16 rings (SSSR count). The first-order chi connectivity index (χ1) is 34.1. The minimum Gasteiger partial charge on any atom is -0.206 e. The number of hydrogen-bond acceptors (Lipinski definition) is 0. The second-order valence-electron chi connectivity index (χ2n) is 28.7. The van der Waals surface area contributed by atoms with Crippen molar-refractivity contribution in [2.45, 2.75) is 227 Å². The summed E-state index contributed by atoms with van der Waals surface area (Å²) < 4.78 is 268. The van der Waals surface area contributed by atoms with Gasteiger partial charge in [0.15, 0.2) is 0 Å². The van der Waals surface area contributed by atoms with Crippen molar-refractivity contribution in [1.29, 1.82) is 0 Å². The van der Waals surface area contributed by atoms with Crippen LogP contribution in [0.5, 0.6) is 0 Å². The zero-order chi connectivity index (χ0) is 54.0. The third-order valence-electron chi connectivity index (χ3n) is 28.0. The van der Waals surface area contributed by atoms with Gasteiger partial charge >= 0.3 is 0 Å². The quantitative estimate of drug-likeness (QED) is 0.113. The highest BCUT2D eigenvalue weighted by Gasteiger charge is 3.20. The monoisotopic (exact) mass is 1200 g/mol. The van der Waals surface area contributed by atoms with Gasteiger partial charge in [0.1, 0.15) is 13.0 Å². The van der Waals surface area contributed by atoms with Crippen LogP contribution >= 0.6 is 69.6 Å². The Morgan fingerprint density at radius 2 is 0.560 bits per heavy atom. The molecule has 16 aliphatic rings. The van der Waals surface area contributed by atoms with E-state index in [1.54, 1.807) is 0 Å². The molecule has 0 nitrogen and oxygen atoms in total. The summed E-state index contributed by atoms with van der Waals surface area (Å²) in [4.78, 5) is 0. The Morgan fingerprint density at radius 3 is 0.760 bits per heavy atom. The average molecular weight is 1210 g/mol. The smallest absolute Gasteiger partial charge is 0.206 e. The molecule has 419 valence electrons. The van der Waals surface area contributed by atoms with Crippen molar-refractivity contribution in [2.75, 3.05) is 0 Å². The fraction of sp³-hybridized carbons (Fsp3) is 0.981. The van der Waals surface area contributed by atoms with Gasteiger partial charge in [-0.15, -0.1) is 69.6 Å². The van der Waals surface area contributed by atoms with Crippen LogP contribution in [-0.2, 0) is 0 Å². The first kappa shape index (κ1) is 51.3. The molecule has 0 saturated heterocycles. The van der Waals surface area contributed by atoms with E-state index in [0.29, 0.717) is 32.1 Å². The lowest BCUT2D eigenvalue weighted by Gasteiger charge is -2.81. The van der Waals surface area contributed by atoms with Crippen LogP contribution in [0.1, 0.15) is 167 Å². The molecule has 16 aliphatic carbocycles. The lowest BCUT2D eigenvalue weighted by atomic mass is 9.23. The Balaban J connectivity index is 0.926. The Morgan fingerprint density at radius 1 is 0.293 bits per heavy atom. The SMILES string of the molecule is FC1(F)C[C]1C1(C2(C3(C4(C5(C6(C7(C8(C9(C%10(C%11(C%12(C%13(C%14(C%15CCC%15)CCC%14)CCC%13)CCC%12)CCC%11)CC%10(F)F)CC9(F)F)CC8(F)F)CC7(F)F)CC6(Cl)Cl)CC5(Cl)Cl)CC4(Cl)Cl)CC3(F)F)CC2(F)F)CC1(F)F. The van der Waals surface area contributed by atoms with Crippen molar-refractivity contribution in [3.05, 3.63) is 5.92 Å². The van der Waals surface area contributed by atoms with Crippen molar-refractivity contribution < 1.29 is 70.2 Å². The van der Waals surface area contributed by atoms with E-state index < -0.39 is 207 Å². The van der Waals surface area contributed by atoms with Gasteiger partial charge in [-0.3, -0.25) is 0 Å². The van der Waals surface area contributed by atoms with Crippen LogP contribution in [0.2, 0.25) is 0 Å². The maximum absolute atomic E-state index is 18.2. The van der Waals surface area contributed by atoms with Crippen LogP contribution in [0.4, 0.5) is 70.2 Å². The molecule has 75 heavy (non-hydrogen) atoms. The van der Waals surface area contributed by atoms with E-state index in [9.17, 15) is 0 Å². The maximum atomic E-state index is 18.2. The normalized spacial score (nSPS) is 55.4. The van der Waals surface area contributed by atoms with E-state index >= 15 is 70.2 Å². The number of rotatable bonds is 15. The number of halogens is 22. The molecule has 0 amide bonds. The van der Waals surface area contributed by atoms with Crippen LogP contribution < -0.4 is 0 Å². The summed E-state index contributed by atoms with van der Waals surface area (Å²) in [5.74, 6) is -36.9. The van der Waals surface area contributed by atoms with Crippen LogP contribution in [-0.4, -0.2) is 60.4 Å². The fourth-order valence-corrected chi connectivity index (χ4v) is 28.0. The van der Waals surface area contributed by atoms with Crippen molar-refractivity contribution in [2.24, 2.45) is 81.7 Å². The third kappa shape index (κ3) is 4.19. The summed E-state index contributed by atoms with van der Waals surface area (Å²) in [5, 5.41) is 0. The van der Waals surface area contributed by atoms with E-state index in [1.165, 1.54) is 0 Å². The van der Waals surface area contributed by atoms with Crippen molar-refractivity contribution in [1.82, 2.24) is 0 Å². The van der Waals surface area contributed by atoms with Crippen molar-refractivity contribution >= 4 is 69.6 Å². The zero-order valence-electron chi connectivity index (χ0n) is 40.3. The lowest BCUT2D eigenvalue weighted by Crippen LogP contribution is -2.74. The van der Waals surface area contributed by atoms with Gasteiger partial charge in [0.25, 0.3) is 47.4 Å². The Bertz CT molecular complexity index is 2740. The van der Waals surface area contributed by atoms with E-state index in [0.717, 1.165) is 44.9 Å². The van der Waals surface area contributed by atoms with Gasteiger partial charge in [0.05, 0.1) is 43.8 Å². The van der Waals surface area contributed by atoms with Crippen molar-refractivity contribution in [3.63, 3.8) is 0 Å². The second kappa shape index (κ2) is 12.1. The van der Waals surface area contributed by atoms with Crippen LogP contribution in [0.15, 0.2) is 0 Å². The van der Waals surface area contributed by atoms with Crippen LogP contribution in [0, 0.1) is 87.6 Å². The van der Waals surface area contributed by atoms with E-state index in [2.05, 4.69) is 0 Å². The maximum Gasteiger partial charge on any atom is 0.256 e.